The maximum Gasteiger partial charge on any atom is 0.130 e. The molecule has 106 valence electrons. The summed E-state index contributed by atoms with van der Waals surface area (Å²) < 4.78 is 12.1. The van der Waals surface area contributed by atoms with Gasteiger partial charge in [0.1, 0.15) is 5.82 Å². The number of fused-ring (bicyclic) bond motifs is 1. The van der Waals surface area contributed by atoms with Gasteiger partial charge in [0.05, 0.1) is 6.67 Å². The number of rotatable bonds is 5. The Hall–Kier alpha value is -2.49. The highest BCUT2D eigenvalue weighted by atomic mass is 19.1. The van der Waals surface area contributed by atoms with Gasteiger partial charge in [-0.15, -0.1) is 0 Å². The number of hydrogen-bond donors (Lipinski definition) is 1. The zero-order valence-corrected chi connectivity index (χ0v) is 11.6. The van der Waals surface area contributed by atoms with Crippen LogP contribution in [0.5, 0.6) is 0 Å². The Morgan fingerprint density at radius 3 is 2.76 bits per heavy atom. The van der Waals surface area contributed by atoms with E-state index in [0.29, 0.717) is 6.42 Å². The number of aryl methyl sites for hydroxylation is 1. The minimum Gasteiger partial charge on any atom is -0.340 e. The molecule has 0 aliphatic heterocycles. The molecule has 1 N–H and O–H groups in total. The van der Waals surface area contributed by atoms with E-state index in [1.54, 1.807) is 12.4 Å². The highest BCUT2D eigenvalue weighted by Crippen LogP contribution is 2.21. The van der Waals surface area contributed by atoms with Crippen molar-refractivity contribution < 1.29 is 4.39 Å². The van der Waals surface area contributed by atoms with Gasteiger partial charge in [0, 0.05) is 29.7 Å². The van der Waals surface area contributed by atoms with E-state index < -0.39 is 0 Å². The van der Waals surface area contributed by atoms with Gasteiger partial charge in [-0.25, -0.2) is 4.98 Å². The Morgan fingerprint density at radius 1 is 1.00 bits per heavy atom. The standard InChI is InChI=1S/C17H16FN3/c18-8-1-2-13-3-6-17(20-11-13)21-16-5-4-15-12-19-9-7-14(15)10-16/h3-7,9-12H,1-2,8H2,(H,20,21). The van der Waals surface area contributed by atoms with Crippen molar-refractivity contribution in [2.24, 2.45) is 0 Å². The van der Waals surface area contributed by atoms with Crippen molar-refractivity contribution in [3.8, 4) is 0 Å². The lowest BCUT2D eigenvalue weighted by atomic mass is 10.1. The second-order valence-corrected chi connectivity index (χ2v) is 4.91. The molecule has 21 heavy (non-hydrogen) atoms. The second-order valence-electron chi connectivity index (χ2n) is 4.91. The number of aromatic nitrogens is 2. The molecule has 3 nitrogen and oxygen atoms in total. The molecule has 0 saturated carbocycles. The zero-order chi connectivity index (χ0) is 14.5. The number of pyridine rings is 2. The fourth-order valence-electron chi connectivity index (χ4n) is 2.23. The molecule has 1 aromatic carbocycles. The number of hydrogen-bond acceptors (Lipinski definition) is 3. The first-order chi connectivity index (χ1) is 10.3. The number of nitrogens with zero attached hydrogens (tertiary/aromatic N) is 2. The molecule has 0 atom stereocenters. The maximum atomic E-state index is 12.1. The number of halogens is 1. The Morgan fingerprint density at radius 2 is 1.95 bits per heavy atom. The molecule has 0 radical (unpaired) electrons. The van der Waals surface area contributed by atoms with Crippen LogP contribution in [-0.4, -0.2) is 16.6 Å². The summed E-state index contributed by atoms with van der Waals surface area (Å²) >= 11 is 0. The molecule has 0 saturated heterocycles. The molecule has 3 aromatic rings. The van der Waals surface area contributed by atoms with Crippen LogP contribution in [0, 0.1) is 0 Å². The van der Waals surface area contributed by atoms with Crippen molar-refractivity contribution in [1.82, 2.24) is 9.97 Å². The number of benzene rings is 1. The molecule has 0 aliphatic rings. The third-order valence-corrected chi connectivity index (χ3v) is 3.34. The molecular formula is C17H16FN3. The summed E-state index contributed by atoms with van der Waals surface area (Å²) in [6, 6.07) is 12.0. The van der Waals surface area contributed by atoms with Crippen molar-refractivity contribution in [2.45, 2.75) is 12.8 Å². The van der Waals surface area contributed by atoms with Crippen molar-refractivity contribution in [3.05, 3.63) is 60.6 Å². The van der Waals surface area contributed by atoms with Gasteiger partial charge in [-0.05, 0) is 48.1 Å². The molecule has 2 aromatic heterocycles. The minimum atomic E-state index is -0.286. The topological polar surface area (TPSA) is 37.8 Å². The van der Waals surface area contributed by atoms with E-state index >= 15 is 0 Å². The van der Waals surface area contributed by atoms with Crippen molar-refractivity contribution in [3.63, 3.8) is 0 Å². The summed E-state index contributed by atoms with van der Waals surface area (Å²) in [7, 11) is 0. The van der Waals surface area contributed by atoms with Gasteiger partial charge in [-0.2, -0.15) is 0 Å². The first-order valence-corrected chi connectivity index (χ1v) is 6.97. The van der Waals surface area contributed by atoms with Gasteiger partial charge in [0.2, 0.25) is 0 Å². The number of anilines is 2. The largest absolute Gasteiger partial charge is 0.340 e. The third-order valence-electron chi connectivity index (χ3n) is 3.34. The first-order valence-electron chi connectivity index (χ1n) is 6.97. The van der Waals surface area contributed by atoms with Crippen LogP contribution in [0.3, 0.4) is 0 Å². The molecule has 4 heteroatoms. The predicted molar refractivity (Wildman–Crippen MR) is 83.6 cm³/mol. The quantitative estimate of drug-likeness (QED) is 0.758. The van der Waals surface area contributed by atoms with Gasteiger partial charge in [0.25, 0.3) is 0 Å². The first kappa shape index (κ1) is 13.5. The summed E-state index contributed by atoms with van der Waals surface area (Å²) in [6.45, 7) is -0.286. The van der Waals surface area contributed by atoms with Crippen LogP contribution >= 0.6 is 0 Å². The van der Waals surface area contributed by atoms with Crippen LogP contribution in [0.1, 0.15) is 12.0 Å². The van der Waals surface area contributed by atoms with Crippen LogP contribution in [0.25, 0.3) is 10.8 Å². The molecule has 3 rings (SSSR count). The molecular weight excluding hydrogens is 265 g/mol. The summed E-state index contributed by atoms with van der Waals surface area (Å²) in [5, 5.41) is 5.52. The Bertz CT molecular complexity index is 725. The van der Waals surface area contributed by atoms with Crippen molar-refractivity contribution in [1.29, 1.82) is 0 Å². The Kier molecular flexibility index (Phi) is 4.05. The average molecular weight is 281 g/mol. The van der Waals surface area contributed by atoms with E-state index in [1.807, 2.05) is 36.5 Å². The Balaban J connectivity index is 1.75. The van der Waals surface area contributed by atoms with Crippen LogP contribution in [-0.2, 0) is 6.42 Å². The lowest BCUT2D eigenvalue weighted by molar-refractivity contribution is 0.473. The van der Waals surface area contributed by atoms with E-state index in [0.717, 1.165) is 34.3 Å². The smallest absolute Gasteiger partial charge is 0.130 e. The minimum absolute atomic E-state index is 0.286. The fourth-order valence-corrected chi connectivity index (χ4v) is 2.23. The van der Waals surface area contributed by atoms with Gasteiger partial charge in [-0.3, -0.25) is 9.37 Å². The highest BCUT2D eigenvalue weighted by Gasteiger charge is 1.99. The summed E-state index contributed by atoms with van der Waals surface area (Å²) in [6.07, 6.45) is 6.70. The van der Waals surface area contributed by atoms with E-state index in [1.165, 1.54) is 0 Å². The Labute approximate surface area is 122 Å². The number of alkyl halides is 1. The van der Waals surface area contributed by atoms with Crippen LogP contribution < -0.4 is 5.32 Å². The predicted octanol–water partition coefficient (Wildman–Crippen LogP) is 4.28. The molecule has 0 fully saturated rings. The SMILES string of the molecule is FCCCc1ccc(Nc2ccc3cnccc3c2)nc1. The normalized spacial score (nSPS) is 10.7. The van der Waals surface area contributed by atoms with Crippen molar-refractivity contribution in [2.75, 3.05) is 12.0 Å². The lowest BCUT2D eigenvalue weighted by Gasteiger charge is -2.07. The number of nitrogens with one attached hydrogen (secondary N) is 1. The lowest BCUT2D eigenvalue weighted by Crippen LogP contribution is -1.95. The van der Waals surface area contributed by atoms with Crippen LogP contribution in [0.2, 0.25) is 0 Å². The molecule has 0 aliphatic carbocycles. The van der Waals surface area contributed by atoms with E-state index in [2.05, 4.69) is 21.4 Å². The second kappa shape index (κ2) is 6.31. The summed E-state index contributed by atoms with van der Waals surface area (Å²) in [5.41, 5.74) is 2.04. The van der Waals surface area contributed by atoms with Gasteiger partial charge < -0.3 is 5.32 Å². The van der Waals surface area contributed by atoms with Gasteiger partial charge >= 0.3 is 0 Å². The highest BCUT2D eigenvalue weighted by molar-refractivity contribution is 5.85. The van der Waals surface area contributed by atoms with Gasteiger partial charge in [0.15, 0.2) is 0 Å². The van der Waals surface area contributed by atoms with Crippen molar-refractivity contribution >= 4 is 22.3 Å². The van der Waals surface area contributed by atoms with Gasteiger partial charge in [-0.1, -0.05) is 12.1 Å². The van der Waals surface area contributed by atoms with E-state index in [9.17, 15) is 4.39 Å². The average Bonchev–Trinajstić information content (AvgIpc) is 2.54. The summed E-state index contributed by atoms with van der Waals surface area (Å²) in [4.78, 5) is 8.46. The third kappa shape index (κ3) is 3.34. The van der Waals surface area contributed by atoms with E-state index in [-0.39, 0.29) is 6.67 Å². The zero-order valence-electron chi connectivity index (χ0n) is 11.6. The summed E-state index contributed by atoms with van der Waals surface area (Å²) in [5.74, 6) is 0.785. The molecule has 0 unspecified atom stereocenters. The van der Waals surface area contributed by atoms with E-state index in [4.69, 9.17) is 0 Å². The fraction of sp³-hybridized carbons (Fsp3) is 0.176. The van der Waals surface area contributed by atoms with Crippen LogP contribution in [0.15, 0.2) is 55.0 Å². The molecule has 0 bridgehead atoms. The van der Waals surface area contributed by atoms with Crippen LogP contribution in [0.4, 0.5) is 15.9 Å². The molecule has 0 amide bonds. The monoisotopic (exact) mass is 281 g/mol. The maximum absolute atomic E-state index is 12.1. The molecule has 2 heterocycles. The molecule has 0 spiro atoms.